The van der Waals surface area contributed by atoms with E-state index in [0.717, 1.165) is 32.7 Å². The number of aromatic nitrogens is 3. The minimum atomic E-state index is -0.0390. The van der Waals surface area contributed by atoms with Crippen LogP contribution in [0.25, 0.3) is 4.96 Å². The second kappa shape index (κ2) is 6.18. The quantitative estimate of drug-likeness (QED) is 0.779. The third-order valence-corrected chi connectivity index (χ3v) is 5.55. The zero-order valence-corrected chi connectivity index (χ0v) is 14.4. The van der Waals surface area contributed by atoms with Crippen molar-refractivity contribution in [2.24, 2.45) is 0 Å². The molecule has 3 aromatic rings. The van der Waals surface area contributed by atoms with Crippen molar-refractivity contribution < 1.29 is 4.79 Å². The maximum atomic E-state index is 12.2. The number of fused-ring (bicyclic) bond motifs is 1. The SMILES string of the molecule is Cc1nc(C(C)C)sc1C(=O)NCCc1cn2ccsc2n1. The molecule has 0 saturated carbocycles. The van der Waals surface area contributed by atoms with E-state index >= 15 is 0 Å². The van der Waals surface area contributed by atoms with Crippen LogP contribution in [0.4, 0.5) is 0 Å². The van der Waals surface area contributed by atoms with E-state index in [1.165, 1.54) is 11.3 Å². The van der Waals surface area contributed by atoms with Crippen LogP contribution in [0.15, 0.2) is 17.8 Å². The van der Waals surface area contributed by atoms with Gasteiger partial charge in [-0.05, 0) is 6.92 Å². The third kappa shape index (κ3) is 3.05. The molecule has 3 aromatic heterocycles. The number of hydrogen-bond donors (Lipinski definition) is 1. The highest BCUT2D eigenvalue weighted by molar-refractivity contribution is 7.15. The molecule has 22 heavy (non-hydrogen) atoms. The largest absolute Gasteiger partial charge is 0.351 e. The van der Waals surface area contributed by atoms with Gasteiger partial charge in [0.2, 0.25) is 0 Å². The molecular weight excluding hydrogens is 316 g/mol. The first-order valence-corrected chi connectivity index (χ1v) is 8.91. The van der Waals surface area contributed by atoms with Gasteiger partial charge in [0.05, 0.1) is 16.4 Å². The highest BCUT2D eigenvalue weighted by atomic mass is 32.1. The molecular formula is C15H18N4OS2. The first-order valence-electron chi connectivity index (χ1n) is 7.21. The van der Waals surface area contributed by atoms with Gasteiger partial charge in [0, 0.05) is 36.7 Å². The van der Waals surface area contributed by atoms with Crippen molar-refractivity contribution in [2.75, 3.05) is 6.54 Å². The summed E-state index contributed by atoms with van der Waals surface area (Å²) in [5.41, 5.74) is 1.81. The lowest BCUT2D eigenvalue weighted by atomic mass is 10.2. The predicted molar refractivity (Wildman–Crippen MR) is 90.0 cm³/mol. The molecule has 5 nitrogen and oxygen atoms in total. The standard InChI is InChI=1S/C15H18N4OS2/c1-9(2)14-17-10(3)12(22-14)13(20)16-5-4-11-8-19-6-7-21-15(19)18-11/h6-9H,4-5H2,1-3H3,(H,16,20). The van der Waals surface area contributed by atoms with Crippen molar-refractivity contribution in [3.05, 3.63) is 39.0 Å². The highest BCUT2D eigenvalue weighted by Crippen LogP contribution is 2.24. The Morgan fingerprint density at radius 1 is 1.41 bits per heavy atom. The molecule has 0 unspecified atom stereocenters. The van der Waals surface area contributed by atoms with E-state index < -0.39 is 0 Å². The smallest absolute Gasteiger partial charge is 0.263 e. The van der Waals surface area contributed by atoms with Gasteiger partial charge in [0.15, 0.2) is 4.96 Å². The summed E-state index contributed by atoms with van der Waals surface area (Å²) < 4.78 is 2.00. The number of carbonyl (C=O) groups excluding carboxylic acids is 1. The summed E-state index contributed by atoms with van der Waals surface area (Å²) in [6.07, 6.45) is 4.73. The number of nitrogens with one attached hydrogen (secondary N) is 1. The molecule has 0 aliphatic heterocycles. The summed E-state index contributed by atoms with van der Waals surface area (Å²) in [4.78, 5) is 22.9. The van der Waals surface area contributed by atoms with Gasteiger partial charge < -0.3 is 5.32 Å². The average molecular weight is 334 g/mol. The fraction of sp³-hybridized carbons (Fsp3) is 0.400. The first-order chi connectivity index (χ1) is 10.5. The third-order valence-electron chi connectivity index (χ3n) is 3.32. The van der Waals surface area contributed by atoms with Crippen LogP contribution in [0.1, 0.15) is 45.8 Å². The number of amides is 1. The molecule has 0 bridgehead atoms. The molecule has 7 heteroatoms. The first kappa shape index (κ1) is 15.2. The zero-order valence-electron chi connectivity index (χ0n) is 12.8. The van der Waals surface area contributed by atoms with E-state index in [9.17, 15) is 4.79 Å². The van der Waals surface area contributed by atoms with Gasteiger partial charge in [-0.15, -0.1) is 22.7 Å². The summed E-state index contributed by atoms with van der Waals surface area (Å²) in [6, 6.07) is 0. The molecule has 0 aliphatic rings. The fourth-order valence-electron chi connectivity index (χ4n) is 2.16. The Labute approximate surface area is 137 Å². The second-order valence-electron chi connectivity index (χ2n) is 5.45. The van der Waals surface area contributed by atoms with Gasteiger partial charge in [-0.25, -0.2) is 9.97 Å². The van der Waals surface area contributed by atoms with Gasteiger partial charge in [0.25, 0.3) is 5.91 Å². The molecule has 1 amide bonds. The van der Waals surface area contributed by atoms with Crippen LogP contribution >= 0.6 is 22.7 Å². The number of aryl methyl sites for hydroxylation is 1. The Balaban J connectivity index is 1.59. The van der Waals surface area contributed by atoms with Gasteiger partial charge >= 0.3 is 0 Å². The zero-order chi connectivity index (χ0) is 15.7. The van der Waals surface area contributed by atoms with Crippen LogP contribution in [-0.2, 0) is 6.42 Å². The minimum Gasteiger partial charge on any atom is -0.351 e. The lowest BCUT2D eigenvalue weighted by Gasteiger charge is -2.02. The molecule has 3 rings (SSSR count). The Bertz CT molecular complexity index is 771. The molecule has 0 atom stereocenters. The molecule has 3 heterocycles. The van der Waals surface area contributed by atoms with E-state index in [0.29, 0.717) is 12.5 Å². The van der Waals surface area contributed by atoms with Crippen LogP contribution in [0.5, 0.6) is 0 Å². The van der Waals surface area contributed by atoms with E-state index in [2.05, 4.69) is 29.1 Å². The van der Waals surface area contributed by atoms with Crippen molar-refractivity contribution in [2.45, 2.75) is 33.1 Å². The van der Waals surface area contributed by atoms with Crippen LogP contribution in [-0.4, -0.2) is 26.8 Å². The predicted octanol–water partition coefficient (Wildman–Crippen LogP) is 3.26. The minimum absolute atomic E-state index is 0.0390. The fourth-order valence-corrected chi connectivity index (χ4v) is 3.86. The Kier molecular flexibility index (Phi) is 4.26. The molecule has 0 aliphatic carbocycles. The molecule has 0 fully saturated rings. The lowest BCUT2D eigenvalue weighted by Crippen LogP contribution is -2.25. The Morgan fingerprint density at radius 2 is 2.23 bits per heavy atom. The summed E-state index contributed by atoms with van der Waals surface area (Å²) >= 11 is 3.10. The summed E-state index contributed by atoms with van der Waals surface area (Å²) in [7, 11) is 0. The Hall–Kier alpha value is -1.73. The summed E-state index contributed by atoms with van der Waals surface area (Å²) in [5, 5.41) is 5.98. The normalized spacial score (nSPS) is 11.5. The van der Waals surface area contributed by atoms with Gasteiger partial charge in [-0.2, -0.15) is 0 Å². The Morgan fingerprint density at radius 3 is 2.91 bits per heavy atom. The topological polar surface area (TPSA) is 59.3 Å². The molecule has 0 spiro atoms. The van der Waals surface area contributed by atoms with E-state index in [1.54, 1.807) is 11.3 Å². The molecule has 0 saturated heterocycles. The van der Waals surface area contributed by atoms with Crippen molar-refractivity contribution in [1.82, 2.24) is 19.7 Å². The molecule has 0 radical (unpaired) electrons. The van der Waals surface area contributed by atoms with Crippen molar-refractivity contribution >= 4 is 33.5 Å². The average Bonchev–Trinajstić information content (AvgIpc) is 3.12. The number of carbonyl (C=O) groups is 1. The number of hydrogen-bond acceptors (Lipinski definition) is 5. The number of thiazole rings is 2. The lowest BCUT2D eigenvalue weighted by molar-refractivity contribution is 0.0957. The number of nitrogens with zero attached hydrogens (tertiary/aromatic N) is 3. The second-order valence-corrected chi connectivity index (χ2v) is 7.36. The van der Waals surface area contributed by atoms with Crippen LogP contribution in [0.3, 0.4) is 0 Å². The van der Waals surface area contributed by atoms with Gasteiger partial charge in [0.1, 0.15) is 4.88 Å². The summed E-state index contributed by atoms with van der Waals surface area (Å²) in [5.74, 6) is 0.312. The monoisotopic (exact) mass is 334 g/mol. The van der Waals surface area contributed by atoms with Crippen LogP contribution < -0.4 is 5.32 Å². The van der Waals surface area contributed by atoms with Crippen molar-refractivity contribution in [3.8, 4) is 0 Å². The van der Waals surface area contributed by atoms with Crippen LogP contribution in [0, 0.1) is 6.92 Å². The van der Waals surface area contributed by atoms with Crippen molar-refractivity contribution in [3.63, 3.8) is 0 Å². The van der Waals surface area contributed by atoms with E-state index in [4.69, 9.17) is 0 Å². The molecule has 116 valence electrons. The number of imidazole rings is 1. The maximum Gasteiger partial charge on any atom is 0.263 e. The van der Waals surface area contributed by atoms with Crippen LogP contribution in [0.2, 0.25) is 0 Å². The maximum absolute atomic E-state index is 12.2. The van der Waals surface area contributed by atoms with Crippen molar-refractivity contribution in [1.29, 1.82) is 0 Å². The number of rotatable bonds is 5. The summed E-state index contributed by atoms with van der Waals surface area (Å²) in [6.45, 7) is 6.65. The van der Waals surface area contributed by atoms with E-state index in [1.807, 2.05) is 29.1 Å². The van der Waals surface area contributed by atoms with E-state index in [-0.39, 0.29) is 5.91 Å². The molecule has 0 aromatic carbocycles. The molecule has 1 N–H and O–H groups in total. The van der Waals surface area contributed by atoms with Gasteiger partial charge in [-0.1, -0.05) is 13.8 Å². The highest BCUT2D eigenvalue weighted by Gasteiger charge is 2.16. The van der Waals surface area contributed by atoms with Gasteiger partial charge in [-0.3, -0.25) is 9.20 Å².